The number of aromatic nitrogens is 3. The number of amides is 1. The number of hydrogen-bond donors (Lipinski definition) is 2. The maximum Gasteiger partial charge on any atom is 0.255 e. The fraction of sp³-hybridized carbons (Fsp3) is 0.364. The van der Waals surface area contributed by atoms with Crippen molar-refractivity contribution in [3.63, 3.8) is 0 Å². The van der Waals surface area contributed by atoms with E-state index in [9.17, 15) is 4.79 Å². The lowest BCUT2D eigenvalue weighted by atomic mass is 10.2. The summed E-state index contributed by atoms with van der Waals surface area (Å²) in [5.74, 6) is -0.126. The van der Waals surface area contributed by atoms with Crippen LogP contribution in [0.25, 0.3) is 5.65 Å². The second kappa shape index (κ2) is 4.81. The maximum atomic E-state index is 12.1. The van der Waals surface area contributed by atoms with E-state index in [2.05, 4.69) is 15.4 Å². The molecule has 1 atom stereocenters. The highest BCUT2D eigenvalue weighted by atomic mass is 35.5. The lowest BCUT2D eigenvalue weighted by Crippen LogP contribution is -2.32. The molecule has 3 N–H and O–H groups in total. The number of nitrogens with zero attached hydrogens (tertiary/aromatic N) is 3. The largest absolute Gasteiger partial charge is 0.366 e. The van der Waals surface area contributed by atoms with Gasteiger partial charge in [-0.05, 0) is 19.4 Å². The zero-order chi connectivity index (χ0) is 13.3. The number of carbonyl (C=O) groups is 1. The number of carbonyl (C=O) groups excluding carboxylic acids is 1. The minimum atomic E-state index is -0.232. The fourth-order valence-electron chi connectivity index (χ4n) is 1.54. The van der Waals surface area contributed by atoms with Gasteiger partial charge in [-0.3, -0.25) is 4.79 Å². The van der Waals surface area contributed by atoms with Gasteiger partial charge in [0.25, 0.3) is 5.91 Å². The molecule has 1 unspecified atom stereocenters. The van der Waals surface area contributed by atoms with Crippen LogP contribution in [0.3, 0.4) is 0 Å². The molecule has 2 aromatic heterocycles. The van der Waals surface area contributed by atoms with Crippen molar-refractivity contribution in [2.45, 2.75) is 26.3 Å². The Hall–Kier alpha value is -1.82. The molecule has 6 nitrogen and oxygen atoms in total. The predicted octanol–water partition coefficient (Wildman–Crippen LogP) is 1.49. The number of nitrogens with one attached hydrogen (secondary N) is 1. The van der Waals surface area contributed by atoms with E-state index in [1.807, 2.05) is 13.8 Å². The molecule has 0 radical (unpaired) electrons. The number of anilines is 1. The van der Waals surface area contributed by atoms with Crippen molar-refractivity contribution in [2.24, 2.45) is 0 Å². The first-order valence-electron chi connectivity index (χ1n) is 5.63. The molecule has 0 fully saturated rings. The van der Waals surface area contributed by atoms with E-state index in [1.165, 1.54) is 4.52 Å². The summed E-state index contributed by atoms with van der Waals surface area (Å²) >= 11 is 5.94. The molecule has 0 spiro atoms. The molecule has 0 aliphatic carbocycles. The van der Waals surface area contributed by atoms with Gasteiger partial charge in [-0.25, -0.2) is 4.52 Å². The van der Waals surface area contributed by atoms with E-state index in [0.29, 0.717) is 16.2 Å². The molecule has 0 aromatic carbocycles. The summed E-state index contributed by atoms with van der Waals surface area (Å²) in [6.45, 7) is 3.92. The van der Waals surface area contributed by atoms with Crippen LogP contribution in [0.1, 0.15) is 30.6 Å². The van der Waals surface area contributed by atoms with Crippen LogP contribution in [-0.4, -0.2) is 26.5 Å². The summed E-state index contributed by atoms with van der Waals surface area (Å²) in [5.41, 5.74) is 6.29. The lowest BCUT2D eigenvalue weighted by Gasteiger charge is -2.11. The molecule has 0 saturated carbocycles. The SMILES string of the molecule is CCC(C)NC(=O)c1cc(Cl)cn2nc(N)nc12. The molecule has 0 aliphatic rings. The van der Waals surface area contributed by atoms with Crippen molar-refractivity contribution in [1.82, 2.24) is 19.9 Å². The van der Waals surface area contributed by atoms with Crippen LogP contribution in [0.2, 0.25) is 5.02 Å². The van der Waals surface area contributed by atoms with Crippen molar-refractivity contribution in [2.75, 3.05) is 5.73 Å². The predicted molar refractivity (Wildman–Crippen MR) is 69.6 cm³/mol. The van der Waals surface area contributed by atoms with Gasteiger partial charge in [0.2, 0.25) is 5.95 Å². The summed E-state index contributed by atoms with van der Waals surface area (Å²) in [6, 6.07) is 1.64. The van der Waals surface area contributed by atoms with E-state index in [-0.39, 0.29) is 17.9 Å². The van der Waals surface area contributed by atoms with Gasteiger partial charge in [0.1, 0.15) is 0 Å². The number of fused-ring (bicyclic) bond motifs is 1. The molecule has 1 amide bonds. The van der Waals surface area contributed by atoms with Crippen LogP contribution in [0.4, 0.5) is 5.95 Å². The zero-order valence-electron chi connectivity index (χ0n) is 10.1. The quantitative estimate of drug-likeness (QED) is 0.882. The van der Waals surface area contributed by atoms with E-state index in [0.717, 1.165) is 6.42 Å². The normalized spacial score (nSPS) is 12.6. The zero-order valence-corrected chi connectivity index (χ0v) is 10.9. The van der Waals surface area contributed by atoms with Crippen molar-refractivity contribution >= 4 is 29.1 Å². The van der Waals surface area contributed by atoms with Crippen molar-refractivity contribution in [3.05, 3.63) is 22.8 Å². The molecule has 0 saturated heterocycles. The summed E-state index contributed by atoms with van der Waals surface area (Å²) in [5, 5.41) is 7.19. The summed E-state index contributed by atoms with van der Waals surface area (Å²) < 4.78 is 1.41. The van der Waals surface area contributed by atoms with E-state index in [4.69, 9.17) is 17.3 Å². The van der Waals surface area contributed by atoms with Gasteiger partial charge in [-0.2, -0.15) is 4.98 Å². The molecule has 7 heteroatoms. The third-order valence-electron chi connectivity index (χ3n) is 2.65. The van der Waals surface area contributed by atoms with Crippen LogP contribution in [0, 0.1) is 0 Å². The number of halogens is 1. The maximum absolute atomic E-state index is 12.1. The summed E-state index contributed by atoms with van der Waals surface area (Å²) in [6.07, 6.45) is 2.40. The third kappa shape index (κ3) is 2.38. The van der Waals surface area contributed by atoms with Gasteiger partial charge in [0.15, 0.2) is 5.65 Å². The number of pyridine rings is 1. The molecule has 2 rings (SSSR count). The molecule has 2 heterocycles. The Morgan fingerprint density at radius 2 is 2.39 bits per heavy atom. The minimum absolute atomic E-state index is 0.0804. The van der Waals surface area contributed by atoms with Crippen LogP contribution in [0.15, 0.2) is 12.3 Å². The summed E-state index contributed by atoms with van der Waals surface area (Å²) in [4.78, 5) is 16.1. The first-order valence-corrected chi connectivity index (χ1v) is 6.01. The van der Waals surface area contributed by atoms with Crippen LogP contribution in [-0.2, 0) is 0 Å². The van der Waals surface area contributed by atoms with Gasteiger partial charge < -0.3 is 11.1 Å². The number of rotatable bonds is 3. The first-order chi connectivity index (χ1) is 8.51. The highest BCUT2D eigenvalue weighted by molar-refractivity contribution is 6.31. The number of nitrogen functional groups attached to an aromatic ring is 1. The van der Waals surface area contributed by atoms with Gasteiger partial charge in [0, 0.05) is 12.2 Å². The third-order valence-corrected chi connectivity index (χ3v) is 2.86. The molecule has 2 aromatic rings. The Labute approximate surface area is 109 Å². The van der Waals surface area contributed by atoms with Gasteiger partial charge in [0.05, 0.1) is 10.6 Å². The average molecular weight is 268 g/mol. The van der Waals surface area contributed by atoms with Crippen LogP contribution in [0.5, 0.6) is 0 Å². The average Bonchev–Trinajstić information content (AvgIpc) is 2.67. The molecular formula is C11H14ClN5O. The Bertz CT molecular complexity index is 594. The van der Waals surface area contributed by atoms with E-state index < -0.39 is 0 Å². The first kappa shape index (κ1) is 12.6. The van der Waals surface area contributed by atoms with Gasteiger partial charge in [-0.1, -0.05) is 18.5 Å². The highest BCUT2D eigenvalue weighted by Crippen LogP contribution is 2.16. The van der Waals surface area contributed by atoms with Crippen LogP contribution < -0.4 is 11.1 Å². The van der Waals surface area contributed by atoms with Crippen molar-refractivity contribution in [1.29, 1.82) is 0 Å². The number of hydrogen-bond acceptors (Lipinski definition) is 4. The lowest BCUT2D eigenvalue weighted by molar-refractivity contribution is 0.0940. The van der Waals surface area contributed by atoms with Gasteiger partial charge in [-0.15, -0.1) is 5.10 Å². The Balaban J connectivity index is 2.45. The summed E-state index contributed by atoms with van der Waals surface area (Å²) in [7, 11) is 0. The van der Waals surface area contributed by atoms with Crippen molar-refractivity contribution in [3.8, 4) is 0 Å². The molecular weight excluding hydrogens is 254 g/mol. The highest BCUT2D eigenvalue weighted by Gasteiger charge is 2.16. The molecule has 18 heavy (non-hydrogen) atoms. The second-order valence-electron chi connectivity index (χ2n) is 4.09. The molecule has 0 aliphatic heterocycles. The Kier molecular flexibility index (Phi) is 3.38. The molecule has 0 bridgehead atoms. The molecule has 96 valence electrons. The Morgan fingerprint density at radius 3 is 3.06 bits per heavy atom. The van der Waals surface area contributed by atoms with E-state index in [1.54, 1.807) is 12.3 Å². The Morgan fingerprint density at radius 1 is 1.67 bits per heavy atom. The smallest absolute Gasteiger partial charge is 0.255 e. The van der Waals surface area contributed by atoms with Gasteiger partial charge >= 0.3 is 0 Å². The van der Waals surface area contributed by atoms with E-state index >= 15 is 0 Å². The standard InChI is InChI=1S/C11H14ClN5O/c1-3-6(2)14-10(18)8-4-7(12)5-17-9(8)15-11(13)16-17/h4-6H,3H2,1-2H3,(H2,13,16)(H,14,18). The van der Waals surface area contributed by atoms with Crippen molar-refractivity contribution < 1.29 is 4.79 Å². The van der Waals surface area contributed by atoms with Crippen LogP contribution >= 0.6 is 11.6 Å². The fourth-order valence-corrected chi connectivity index (χ4v) is 1.74. The monoisotopic (exact) mass is 267 g/mol. The second-order valence-corrected chi connectivity index (χ2v) is 4.53. The topological polar surface area (TPSA) is 85.3 Å². The minimum Gasteiger partial charge on any atom is -0.366 e. The number of nitrogens with two attached hydrogens (primary N) is 1.